The van der Waals surface area contributed by atoms with Crippen LogP contribution in [-0.4, -0.2) is 14.7 Å². The van der Waals surface area contributed by atoms with Crippen LogP contribution in [0.3, 0.4) is 0 Å². The topological polar surface area (TPSA) is 87.0 Å². The number of hydrogen-bond donors (Lipinski definition) is 1. The minimum Gasteiger partial charge on any atom is -0.378 e. The summed E-state index contributed by atoms with van der Waals surface area (Å²) in [6.45, 7) is 4.78. The van der Waals surface area contributed by atoms with E-state index in [2.05, 4.69) is 18.9 Å². The Morgan fingerprint density at radius 3 is 2.79 bits per heavy atom. The molecule has 1 aromatic heterocycles. The largest absolute Gasteiger partial charge is 0.378 e. The van der Waals surface area contributed by atoms with Crippen LogP contribution in [-0.2, 0) is 6.54 Å². The fraction of sp³-hybridized carbons (Fsp3) is 0.625. The highest BCUT2D eigenvalue weighted by Gasteiger charge is 2.16. The number of anilines is 1. The van der Waals surface area contributed by atoms with Crippen LogP contribution in [0.2, 0.25) is 0 Å². The van der Waals surface area contributed by atoms with E-state index in [1.54, 1.807) is 0 Å². The van der Waals surface area contributed by atoms with Gasteiger partial charge in [0.2, 0.25) is 5.82 Å². The number of rotatable bonds is 4. The van der Waals surface area contributed by atoms with Crippen molar-refractivity contribution in [3.8, 4) is 0 Å². The highest BCUT2D eigenvalue weighted by molar-refractivity contribution is 5.51. The summed E-state index contributed by atoms with van der Waals surface area (Å²) >= 11 is 0. The Hall–Kier alpha value is -1.59. The lowest BCUT2D eigenvalue weighted by molar-refractivity contribution is -0.384. The van der Waals surface area contributed by atoms with Crippen LogP contribution in [0.4, 0.5) is 11.5 Å². The van der Waals surface area contributed by atoms with Crippen LogP contribution in [0.25, 0.3) is 0 Å². The first-order valence-electron chi connectivity index (χ1n) is 4.48. The molecule has 2 N–H and O–H groups in total. The molecule has 14 heavy (non-hydrogen) atoms. The van der Waals surface area contributed by atoms with Crippen molar-refractivity contribution in [3.05, 3.63) is 16.3 Å². The third-order valence-corrected chi connectivity index (χ3v) is 1.97. The molecular formula is C8H14N4O2. The monoisotopic (exact) mass is 198 g/mol. The van der Waals surface area contributed by atoms with Gasteiger partial charge in [0.05, 0.1) is 4.92 Å². The summed E-state index contributed by atoms with van der Waals surface area (Å²) in [6.07, 6.45) is 2.10. The lowest BCUT2D eigenvalue weighted by Crippen LogP contribution is -2.07. The standard InChI is InChI=1S/C8H14N4O2/c1-6(2)3-4-11-8(9)7(5-10-11)12(13)14/h5-6H,3-4,9H2,1-2H3. The lowest BCUT2D eigenvalue weighted by Gasteiger charge is -2.05. The van der Waals surface area contributed by atoms with E-state index >= 15 is 0 Å². The Labute approximate surface area is 81.9 Å². The van der Waals surface area contributed by atoms with Crippen LogP contribution >= 0.6 is 0 Å². The summed E-state index contributed by atoms with van der Waals surface area (Å²) in [5.41, 5.74) is 5.43. The normalized spacial score (nSPS) is 10.8. The van der Waals surface area contributed by atoms with E-state index in [1.807, 2.05) is 0 Å². The molecule has 0 fully saturated rings. The van der Waals surface area contributed by atoms with Gasteiger partial charge in [-0.15, -0.1) is 0 Å². The summed E-state index contributed by atoms with van der Waals surface area (Å²) < 4.78 is 1.47. The molecule has 1 rings (SSSR count). The van der Waals surface area contributed by atoms with Crippen molar-refractivity contribution >= 4 is 11.5 Å². The van der Waals surface area contributed by atoms with Crippen molar-refractivity contribution in [2.24, 2.45) is 5.92 Å². The molecule has 6 heteroatoms. The van der Waals surface area contributed by atoms with Gasteiger partial charge in [-0.2, -0.15) is 5.10 Å². The maximum atomic E-state index is 10.4. The molecule has 6 nitrogen and oxygen atoms in total. The maximum Gasteiger partial charge on any atom is 0.330 e. The van der Waals surface area contributed by atoms with Gasteiger partial charge in [0.1, 0.15) is 6.20 Å². The Kier molecular flexibility index (Phi) is 3.06. The van der Waals surface area contributed by atoms with Crippen molar-refractivity contribution in [2.75, 3.05) is 5.73 Å². The van der Waals surface area contributed by atoms with Gasteiger partial charge < -0.3 is 5.73 Å². The molecule has 0 spiro atoms. The zero-order chi connectivity index (χ0) is 10.7. The Bertz CT molecular complexity index is 332. The van der Waals surface area contributed by atoms with Gasteiger partial charge >= 0.3 is 5.69 Å². The first-order valence-corrected chi connectivity index (χ1v) is 4.48. The van der Waals surface area contributed by atoms with Crippen LogP contribution in [0.5, 0.6) is 0 Å². The minimum absolute atomic E-state index is 0.117. The van der Waals surface area contributed by atoms with Crippen LogP contribution in [0, 0.1) is 16.0 Å². The molecular weight excluding hydrogens is 184 g/mol. The lowest BCUT2D eigenvalue weighted by atomic mass is 10.1. The number of hydrogen-bond acceptors (Lipinski definition) is 4. The van der Waals surface area contributed by atoms with E-state index in [0.29, 0.717) is 12.5 Å². The number of aromatic nitrogens is 2. The second kappa shape index (κ2) is 4.08. The molecule has 1 aromatic rings. The minimum atomic E-state index is -0.520. The molecule has 0 aliphatic carbocycles. The fourth-order valence-electron chi connectivity index (χ4n) is 1.08. The number of nitrogens with two attached hydrogens (primary N) is 1. The average Bonchev–Trinajstić information content (AvgIpc) is 2.43. The second-order valence-corrected chi connectivity index (χ2v) is 3.58. The number of aryl methyl sites for hydroxylation is 1. The number of nitro groups is 1. The van der Waals surface area contributed by atoms with Gasteiger partial charge in [0.15, 0.2) is 0 Å². The molecule has 0 saturated carbocycles. The van der Waals surface area contributed by atoms with Crippen molar-refractivity contribution in [1.29, 1.82) is 0 Å². The summed E-state index contributed by atoms with van der Waals surface area (Å²) in [5, 5.41) is 14.3. The summed E-state index contributed by atoms with van der Waals surface area (Å²) in [7, 11) is 0. The van der Waals surface area contributed by atoms with Crippen molar-refractivity contribution in [2.45, 2.75) is 26.8 Å². The smallest absolute Gasteiger partial charge is 0.330 e. The third-order valence-electron chi connectivity index (χ3n) is 1.97. The second-order valence-electron chi connectivity index (χ2n) is 3.58. The van der Waals surface area contributed by atoms with Gasteiger partial charge in [0.25, 0.3) is 0 Å². The van der Waals surface area contributed by atoms with E-state index in [0.717, 1.165) is 6.42 Å². The molecule has 0 bridgehead atoms. The number of nitrogen functional groups attached to an aromatic ring is 1. The summed E-state index contributed by atoms with van der Waals surface area (Å²) in [4.78, 5) is 9.93. The fourth-order valence-corrected chi connectivity index (χ4v) is 1.08. The highest BCUT2D eigenvalue weighted by Crippen LogP contribution is 2.20. The van der Waals surface area contributed by atoms with Crippen LogP contribution in [0.1, 0.15) is 20.3 Å². The molecule has 0 atom stereocenters. The van der Waals surface area contributed by atoms with E-state index in [1.165, 1.54) is 10.9 Å². The summed E-state index contributed by atoms with van der Waals surface area (Å²) in [5.74, 6) is 0.660. The Morgan fingerprint density at radius 2 is 2.36 bits per heavy atom. The predicted molar refractivity (Wildman–Crippen MR) is 52.7 cm³/mol. The maximum absolute atomic E-state index is 10.4. The Morgan fingerprint density at radius 1 is 1.71 bits per heavy atom. The number of nitrogens with zero attached hydrogens (tertiary/aromatic N) is 3. The van der Waals surface area contributed by atoms with Gasteiger partial charge in [-0.3, -0.25) is 10.1 Å². The zero-order valence-corrected chi connectivity index (χ0v) is 8.30. The predicted octanol–water partition coefficient (Wildman–Crippen LogP) is 1.42. The van der Waals surface area contributed by atoms with Crippen molar-refractivity contribution in [3.63, 3.8) is 0 Å². The molecule has 0 amide bonds. The molecule has 0 aliphatic heterocycles. The van der Waals surface area contributed by atoms with Gasteiger partial charge in [0, 0.05) is 6.54 Å². The molecule has 0 aliphatic rings. The highest BCUT2D eigenvalue weighted by atomic mass is 16.6. The Balaban J connectivity index is 2.74. The zero-order valence-electron chi connectivity index (χ0n) is 8.30. The van der Waals surface area contributed by atoms with E-state index < -0.39 is 4.92 Å². The van der Waals surface area contributed by atoms with Crippen molar-refractivity contribution in [1.82, 2.24) is 9.78 Å². The molecule has 0 unspecified atom stereocenters. The molecule has 1 heterocycles. The molecule has 0 saturated heterocycles. The SMILES string of the molecule is CC(C)CCn1ncc([N+](=O)[O-])c1N. The van der Waals surface area contributed by atoms with E-state index in [-0.39, 0.29) is 11.5 Å². The van der Waals surface area contributed by atoms with Crippen LogP contribution < -0.4 is 5.73 Å². The van der Waals surface area contributed by atoms with Gasteiger partial charge in [-0.05, 0) is 12.3 Å². The van der Waals surface area contributed by atoms with Crippen LogP contribution in [0.15, 0.2) is 6.20 Å². The average molecular weight is 198 g/mol. The molecule has 0 aromatic carbocycles. The van der Waals surface area contributed by atoms with E-state index in [9.17, 15) is 10.1 Å². The first-order chi connectivity index (χ1) is 6.52. The van der Waals surface area contributed by atoms with E-state index in [4.69, 9.17) is 5.73 Å². The first kappa shape index (κ1) is 10.5. The van der Waals surface area contributed by atoms with Crippen molar-refractivity contribution < 1.29 is 4.92 Å². The van der Waals surface area contributed by atoms with Gasteiger partial charge in [-0.1, -0.05) is 13.8 Å². The summed E-state index contributed by atoms with van der Waals surface area (Å²) in [6, 6.07) is 0. The molecule has 0 radical (unpaired) electrons. The molecule has 78 valence electrons. The van der Waals surface area contributed by atoms with Gasteiger partial charge in [-0.25, -0.2) is 4.68 Å². The third kappa shape index (κ3) is 2.21. The quantitative estimate of drug-likeness (QED) is 0.585.